The number of fused-ring (bicyclic) bond motifs is 1. The van der Waals surface area contributed by atoms with Gasteiger partial charge in [-0.15, -0.1) is 0 Å². The average Bonchev–Trinajstić information content (AvgIpc) is 2.84. The van der Waals surface area contributed by atoms with E-state index in [1.165, 1.54) is 4.68 Å². The Morgan fingerprint density at radius 2 is 1.78 bits per heavy atom. The molecular weight excluding hydrogens is 645 g/mol. The van der Waals surface area contributed by atoms with E-state index in [1.54, 1.807) is 37.6 Å². The van der Waals surface area contributed by atoms with Crippen LogP contribution in [0.2, 0.25) is 10.0 Å². The molecule has 192 valence electrons. The third-order valence-electron chi connectivity index (χ3n) is 5.43. The molecule has 1 heterocycles. The molecule has 0 aliphatic rings. The van der Waals surface area contributed by atoms with E-state index in [4.69, 9.17) is 37.7 Å². The summed E-state index contributed by atoms with van der Waals surface area (Å²) in [6.45, 7) is 6.17. The van der Waals surface area contributed by atoms with Crippen LogP contribution in [0.15, 0.2) is 67.4 Å². The van der Waals surface area contributed by atoms with Gasteiger partial charge < -0.3 is 9.47 Å². The van der Waals surface area contributed by atoms with Crippen LogP contribution in [-0.4, -0.2) is 23.0 Å². The van der Waals surface area contributed by atoms with E-state index < -0.39 is 5.41 Å². The molecule has 0 unspecified atom stereocenters. The molecule has 0 saturated carbocycles. The molecular formula is C27H23Br2Cl2N3O3. The number of hydrogen-bond acceptors (Lipinski definition) is 5. The molecule has 1 aromatic heterocycles. The number of halogens is 4. The van der Waals surface area contributed by atoms with E-state index in [0.29, 0.717) is 43.8 Å². The molecule has 0 aliphatic carbocycles. The maximum Gasteiger partial charge on any atom is 0.282 e. The first kappa shape index (κ1) is 27.6. The summed E-state index contributed by atoms with van der Waals surface area (Å²) in [7, 11) is 1.56. The van der Waals surface area contributed by atoms with Gasteiger partial charge in [0.2, 0.25) is 0 Å². The number of ether oxygens (including phenoxy) is 2. The molecule has 0 amide bonds. The highest BCUT2D eigenvalue weighted by molar-refractivity contribution is 9.10. The third-order valence-corrected chi connectivity index (χ3v) is 7.12. The van der Waals surface area contributed by atoms with Gasteiger partial charge in [0.15, 0.2) is 11.5 Å². The van der Waals surface area contributed by atoms with Crippen LogP contribution in [0.1, 0.15) is 37.7 Å². The highest BCUT2D eigenvalue weighted by atomic mass is 79.9. The van der Waals surface area contributed by atoms with Crippen molar-refractivity contribution in [1.29, 1.82) is 0 Å². The average molecular weight is 668 g/mol. The first-order chi connectivity index (χ1) is 17.5. The van der Waals surface area contributed by atoms with Gasteiger partial charge >= 0.3 is 0 Å². The van der Waals surface area contributed by atoms with Gasteiger partial charge in [0.1, 0.15) is 12.4 Å². The molecule has 37 heavy (non-hydrogen) atoms. The SMILES string of the molecule is COc1cc(Br)cc(C=Nn2c(C(C)(C)C)nc3ccc(Br)cc3c2=O)c1OCc1ccc(Cl)c(Cl)c1. The largest absolute Gasteiger partial charge is 0.493 e. The normalized spacial score (nSPS) is 11.9. The lowest BCUT2D eigenvalue weighted by Gasteiger charge is -2.21. The predicted molar refractivity (Wildman–Crippen MR) is 157 cm³/mol. The van der Waals surface area contributed by atoms with Crippen molar-refractivity contribution < 1.29 is 9.47 Å². The fraction of sp³-hybridized carbons (Fsp3) is 0.222. The molecule has 0 fully saturated rings. The molecule has 0 spiro atoms. The quantitative estimate of drug-likeness (QED) is 0.196. The van der Waals surface area contributed by atoms with Crippen molar-refractivity contribution in [2.24, 2.45) is 5.10 Å². The Bertz CT molecular complexity index is 1580. The van der Waals surface area contributed by atoms with E-state index in [2.05, 4.69) is 37.0 Å². The van der Waals surface area contributed by atoms with Crippen LogP contribution in [0.4, 0.5) is 0 Å². The van der Waals surface area contributed by atoms with E-state index >= 15 is 0 Å². The molecule has 0 radical (unpaired) electrons. The Balaban J connectivity index is 1.81. The molecule has 0 atom stereocenters. The minimum atomic E-state index is -0.445. The summed E-state index contributed by atoms with van der Waals surface area (Å²) in [6.07, 6.45) is 1.57. The second-order valence-corrected chi connectivity index (χ2v) is 11.9. The zero-order chi connectivity index (χ0) is 26.9. The molecule has 0 saturated heterocycles. The second-order valence-electron chi connectivity index (χ2n) is 9.27. The van der Waals surface area contributed by atoms with Gasteiger partial charge in [-0.1, -0.05) is 81.9 Å². The van der Waals surface area contributed by atoms with Crippen molar-refractivity contribution >= 4 is 72.2 Å². The van der Waals surface area contributed by atoms with Crippen molar-refractivity contribution in [2.75, 3.05) is 7.11 Å². The maximum absolute atomic E-state index is 13.5. The summed E-state index contributed by atoms with van der Waals surface area (Å²) >= 11 is 19.2. The summed E-state index contributed by atoms with van der Waals surface area (Å²) in [6, 6.07) is 14.4. The highest BCUT2D eigenvalue weighted by Gasteiger charge is 2.23. The number of rotatable bonds is 6. The Morgan fingerprint density at radius 1 is 1.03 bits per heavy atom. The minimum absolute atomic E-state index is 0.217. The minimum Gasteiger partial charge on any atom is -0.493 e. The van der Waals surface area contributed by atoms with Gasteiger partial charge in [-0.05, 0) is 48.0 Å². The Kier molecular flexibility index (Phi) is 8.33. The van der Waals surface area contributed by atoms with Crippen LogP contribution in [-0.2, 0) is 12.0 Å². The van der Waals surface area contributed by atoms with Crippen LogP contribution in [0.3, 0.4) is 0 Å². The molecule has 6 nitrogen and oxygen atoms in total. The highest BCUT2D eigenvalue weighted by Crippen LogP contribution is 2.35. The van der Waals surface area contributed by atoms with E-state index in [0.717, 1.165) is 14.5 Å². The molecule has 0 bridgehead atoms. The van der Waals surface area contributed by atoms with Crippen molar-refractivity contribution in [3.05, 3.63) is 94.8 Å². The number of aromatic nitrogens is 2. The van der Waals surface area contributed by atoms with Crippen LogP contribution < -0.4 is 15.0 Å². The lowest BCUT2D eigenvalue weighted by Crippen LogP contribution is -2.29. The number of nitrogens with zero attached hydrogens (tertiary/aromatic N) is 3. The fourth-order valence-electron chi connectivity index (χ4n) is 3.64. The zero-order valence-corrected chi connectivity index (χ0v) is 25.2. The summed E-state index contributed by atoms with van der Waals surface area (Å²) in [5.74, 6) is 1.49. The van der Waals surface area contributed by atoms with Crippen LogP contribution in [0, 0.1) is 0 Å². The number of hydrogen-bond donors (Lipinski definition) is 0. The van der Waals surface area contributed by atoms with Gasteiger partial charge in [0, 0.05) is 19.9 Å². The van der Waals surface area contributed by atoms with Crippen LogP contribution in [0.25, 0.3) is 10.9 Å². The smallest absolute Gasteiger partial charge is 0.282 e. The third kappa shape index (κ3) is 6.20. The van der Waals surface area contributed by atoms with Crippen molar-refractivity contribution in [2.45, 2.75) is 32.8 Å². The molecule has 4 rings (SSSR count). The first-order valence-electron chi connectivity index (χ1n) is 11.2. The number of benzene rings is 3. The molecule has 4 aromatic rings. The van der Waals surface area contributed by atoms with Crippen molar-refractivity contribution in [3.8, 4) is 11.5 Å². The molecule has 3 aromatic carbocycles. The summed E-state index contributed by atoms with van der Waals surface area (Å²) in [4.78, 5) is 18.3. The lowest BCUT2D eigenvalue weighted by atomic mass is 9.95. The topological polar surface area (TPSA) is 65.7 Å². The van der Waals surface area contributed by atoms with Gasteiger partial charge in [-0.2, -0.15) is 9.78 Å². The molecule has 0 N–H and O–H groups in total. The van der Waals surface area contributed by atoms with Crippen LogP contribution >= 0.6 is 55.1 Å². The summed E-state index contributed by atoms with van der Waals surface area (Å²) in [5, 5.41) is 5.96. The number of methoxy groups -OCH3 is 1. The van der Waals surface area contributed by atoms with Crippen molar-refractivity contribution in [1.82, 2.24) is 9.66 Å². The van der Waals surface area contributed by atoms with Gasteiger partial charge in [0.25, 0.3) is 5.56 Å². The van der Waals surface area contributed by atoms with E-state index in [1.807, 2.05) is 45.0 Å². The van der Waals surface area contributed by atoms with E-state index in [-0.39, 0.29) is 12.2 Å². The molecule has 10 heteroatoms. The van der Waals surface area contributed by atoms with Gasteiger partial charge in [-0.25, -0.2) is 4.98 Å². The Labute approximate surface area is 241 Å². The maximum atomic E-state index is 13.5. The van der Waals surface area contributed by atoms with Crippen molar-refractivity contribution in [3.63, 3.8) is 0 Å². The Morgan fingerprint density at radius 3 is 2.46 bits per heavy atom. The molecule has 0 aliphatic heterocycles. The van der Waals surface area contributed by atoms with Gasteiger partial charge in [0.05, 0.1) is 34.3 Å². The lowest BCUT2D eigenvalue weighted by molar-refractivity contribution is 0.284. The fourth-order valence-corrected chi connectivity index (χ4v) is 4.77. The van der Waals surface area contributed by atoms with E-state index in [9.17, 15) is 4.79 Å². The second kappa shape index (κ2) is 11.2. The monoisotopic (exact) mass is 665 g/mol. The standard InChI is InChI=1S/C27H23Br2Cl2N3O3/c1-27(2,3)26-33-22-8-6-17(28)11-19(22)25(35)34(26)32-13-16-10-18(29)12-23(36-4)24(16)37-14-15-5-7-20(30)21(31)9-15/h5-13H,14H2,1-4H3. The van der Waals surface area contributed by atoms with Gasteiger partial charge in [-0.3, -0.25) is 4.79 Å². The van der Waals surface area contributed by atoms with Crippen LogP contribution in [0.5, 0.6) is 11.5 Å². The zero-order valence-electron chi connectivity index (χ0n) is 20.5. The summed E-state index contributed by atoms with van der Waals surface area (Å²) in [5.41, 5.74) is 1.33. The Hall–Kier alpha value is -2.39. The first-order valence-corrected chi connectivity index (χ1v) is 13.5. The summed E-state index contributed by atoms with van der Waals surface area (Å²) < 4.78 is 14.6. The predicted octanol–water partition coefficient (Wildman–Crippen LogP) is 8.00.